The number of fused-ring (bicyclic) bond motifs is 2. The molecular weight excluding hydrogens is 561 g/mol. The number of rotatable bonds is 7. The number of ether oxygens (including phenoxy) is 1. The SMILES string of the molecule is C[C@@H]1CN(c2sc(C(F)(F)F)nc2-c2nc3cc(OCCO)ccc3[nH]2)CCN1C(=O)Cn1cnc2cccnc21. The molecule has 1 aromatic carbocycles. The van der Waals surface area contributed by atoms with Crippen molar-refractivity contribution in [2.75, 3.05) is 37.7 Å². The van der Waals surface area contributed by atoms with Gasteiger partial charge in [0.15, 0.2) is 11.5 Å². The summed E-state index contributed by atoms with van der Waals surface area (Å²) in [5.74, 6) is 0.555. The van der Waals surface area contributed by atoms with E-state index in [-0.39, 0.29) is 43.2 Å². The quantitative estimate of drug-likeness (QED) is 0.297. The van der Waals surface area contributed by atoms with E-state index in [4.69, 9.17) is 9.84 Å². The molecular formula is C26H25F3N8O3S. The van der Waals surface area contributed by atoms with Crippen LogP contribution >= 0.6 is 11.3 Å². The standard InChI is InChI=1S/C26H25F3N8O3S/c1-15-12-35(7-8-37(15)20(39)13-36-14-31-18-3-2-6-30-23(18)36)24-21(34-25(41-24)26(27,28)29)22-32-17-5-4-16(40-10-9-38)11-19(17)33-22/h2-6,11,14-15,38H,7-10,12-13H2,1H3,(H,32,33)/t15-/m1/s1. The second-order valence-corrected chi connectivity index (χ2v) is 10.6. The number of aliphatic hydroxyl groups is 1. The van der Waals surface area contributed by atoms with Gasteiger partial charge in [-0.05, 0) is 31.2 Å². The topological polar surface area (TPSA) is 125 Å². The number of aromatic nitrogens is 6. The molecule has 15 heteroatoms. The lowest BCUT2D eigenvalue weighted by atomic mass is 10.2. The van der Waals surface area contributed by atoms with Gasteiger partial charge in [-0.1, -0.05) is 11.3 Å². The van der Waals surface area contributed by atoms with Gasteiger partial charge in [0.25, 0.3) is 0 Å². The average molecular weight is 587 g/mol. The Labute approximate surface area is 235 Å². The molecule has 11 nitrogen and oxygen atoms in total. The molecule has 2 N–H and O–H groups in total. The number of nitrogens with zero attached hydrogens (tertiary/aromatic N) is 7. The van der Waals surface area contributed by atoms with E-state index in [0.717, 1.165) is 0 Å². The summed E-state index contributed by atoms with van der Waals surface area (Å²) in [5, 5.41) is 8.36. The molecule has 0 aliphatic carbocycles. The van der Waals surface area contributed by atoms with Crippen molar-refractivity contribution < 1.29 is 27.8 Å². The number of alkyl halides is 3. The molecule has 1 fully saturated rings. The van der Waals surface area contributed by atoms with Crippen LogP contribution in [0.4, 0.5) is 18.2 Å². The van der Waals surface area contributed by atoms with E-state index < -0.39 is 11.2 Å². The highest BCUT2D eigenvalue weighted by atomic mass is 32.1. The minimum atomic E-state index is -4.63. The number of nitrogens with one attached hydrogen (secondary N) is 1. The Kier molecular flexibility index (Phi) is 6.99. The maximum absolute atomic E-state index is 13.8. The summed E-state index contributed by atoms with van der Waals surface area (Å²) in [5.41, 5.74) is 2.50. The van der Waals surface area contributed by atoms with E-state index in [1.165, 1.54) is 0 Å². The first-order valence-corrected chi connectivity index (χ1v) is 13.6. The van der Waals surface area contributed by atoms with Crippen LogP contribution in [0.5, 0.6) is 5.75 Å². The Balaban J connectivity index is 1.25. The minimum absolute atomic E-state index is 0.0604. The average Bonchev–Trinajstić information content (AvgIpc) is 3.68. The van der Waals surface area contributed by atoms with E-state index in [0.29, 0.717) is 63.9 Å². The van der Waals surface area contributed by atoms with E-state index in [1.807, 2.05) is 17.9 Å². The Morgan fingerprint density at radius 3 is 2.83 bits per heavy atom. The molecule has 1 atom stereocenters. The lowest BCUT2D eigenvalue weighted by Gasteiger charge is -2.40. The number of benzene rings is 1. The zero-order chi connectivity index (χ0) is 28.7. The maximum atomic E-state index is 13.8. The second kappa shape index (κ2) is 10.6. The molecule has 0 unspecified atom stereocenters. The Bertz CT molecular complexity index is 1720. The predicted octanol–water partition coefficient (Wildman–Crippen LogP) is 3.56. The van der Waals surface area contributed by atoms with Crippen LogP contribution in [0.15, 0.2) is 42.9 Å². The Hall–Kier alpha value is -4.24. The van der Waals surface area contributed by atoms with Crippen LogP contribution in [0.2, 0.25) is 0 Å². The molecule has 6 rings (SSSR count). The number of anilines is 1. The molecule has 5 aromatic rings. The number of carbonyl (C=O) groups excluding carboxylic acids is 1. The third-order valence-electron chi connectivity index (χ3n) is 6.81. The van der Waals surface area contributed by atoms with Crippen LogP contribution in [0, 0.1) is 0 Å². The third-order valence-corrected chi connectivity index (χ3v) is 7.97. The molecule has 41 heavy (non-hydrogen) atoms. The van der Waals surface area contributed by atoms with Crippen molar-refractivity contribution in [1.82, 2.24) is 34.4 Å². The van der Waals surface area contributed by atoms with Crippen molar-refractivity contribution in [3.05, 3.63) is 47.9 Å². The van der Waals surface area contributed by atoms with Crippen molar-refractivity contribution in [3.63, 3.8) is 0 Å². The highest BCUT2D eigenvalue weighted by Gasteiger charge is 2.39. The van der Waals surface area contributed by atoms with Gasteiger partial charge in [-0.25, -0.2) is 19.9 Å². The van der Waals surface area contributed by atoms with Crippen LogP contribution in [-0.2, 0) is 17.5 Å². The van der Waals surface area contributed by atoms with Gasteiger partial charge >= 0.3 is 6.18 Å². The summed E-state index contributed by atoms with van der Waals surface area (Å²) >= 11 is 0.562. The van der Waals surface area contributed by atoms with Gasteiger partial charge in [0.2, 0.25) is 10.9 Å². The van der Waals surface area contributed by atoms with E-state index in [9.17, 15) is 18.0 Å². The number of carbonyl (C=O) groups is 1. The fourth-order valence-corrected chi connectivity index (χ4v) is 5.88. The lowest BCUT2D eigenvalue weighted by molar-refractivity contribution is -0.137. The number of halogens is 3. The lowest BCUT2D eigenvalue weighted by Crippen LogP contribution is -2.54. The van der Waals surface area contributed by atoms with Crippen molar-refractivity contribution in [3.8, 4) is 17.3 Å². The van der Waals surface area contributed by atoms with Crippen molar-refractivity contribution in [1.29, 1.82) is 0 Å². The summed E-state index contributed by atoms with van der Waals surface area (Å²) in [6.45, 7) is 2.85. The molecule has 5 heterocycles. The number of pyridine rings is 1. The molecule has 0 radical (unpaired) electrons. The zero-order valence-corrected chi connectivity index (χ0v) is 22.6. The van der Waals surface area contributed by atoms with Gasteiger partial charge in [-0.3, -0.25) is 4.79 Å². The zero-order valence-electron chi connectivity index (χ0n) is 21.8. The van der Waals surface area contributed by atoms with Crippen molar-refractivity contribution in [2.24, 2.45) is 0 Å². The Morgan fingerprint density at radius 2 is 2.05 bits per heavy atom. The summed E-state index contributed by atoms with van der Waals surface area (Å²) in [6.07, 6.45) is -1.41. The molecule has 4 aromatic heterocycles. The molecule has 0 saturated carbocycles. The van der Waals surface area contributed by atoms with Crippen LogP contribution in [0.1, 0.15) is 11.9 Å². The van der Waals surface area contributed by atoms with Gasteiger partial charge in [-0.2, -0.15) is 13.2 Å². The van der Waals surface area contributed by atoms with Crippen molar-refractivity contribution >= 4 is 44.4 Å². The molecule has 1 saturated heterocycles. The first-order valence-electron chi connectivity index (χ1n) is 12.8. The predicted molar refractivity (Wildman–Crippen MR) is 146 cm³/mol. The van der Waals surface area contributed by atoms with Gasteiger partial charge in [0, 0.05) is 37.9 Å². The van der Waals surface area contributed by atoms with Gasteiger partial charge in [0.1, 0.15) is 35.1 Å². The number of imidazole rings is 2. The van der Waals surface area contributed by atoms with Crippen LogP contribution in [0.25, 0.3) is 33.7 Å². The Morgan fingerprint density at radius 1 is 1.20 bits per heavy atom. The monoisotopic (exact) mass is 586 g/mol. The van der Waals surface area contributed by atoms with Crippen molar-refractivity contribution in [2.45, 2.75) is 25.7 Å². The first-order chi connectivity index (χ1) is 19.7. The van der Waals surface area contributed by atoms with E-state index >= 15 is 0 Å². The van der Waals surface area contributed by atoms with Crippen LogP contribution < -0.4 is 9.64 Å². The molecule has 0 bridgehead atoms. The smallest absolute Gasteiger partial charge is 0.443 e. The second-order valence-electron chi connectivity index (χ2n) is 9.61. The first kappa shape index (κ1) is 27.0. The summed E-state index contributed by atoms with van der Waals surface area (Å²) in [6, 6.07) is 8.36. The van der Waals surface area contributed by atoms with Crippen LogP contribution in [-0.4, -0.2) is 84.3 Å². The largest absolute Gasteiger partial charge is 0.491 e. The van der Waals surface area contributed by atoms with Gasteiger partial charge in [0.05, 0.1) is 24.0 Å². The summed E-state index contributed by atoms with van der Waals surface area (Å²) in [7, 11) is 0. The van der Waals surface area contributed by atoms with E-state index in [1.54, 1.807) is 46.3 Å². The molecule has 1 amide bonds. The number of aromatic amines is 1. The molecule has 1 aliphatic rings. The number of hydrogen-bond acceptors (Lipinski definition) is 9. The molecule has 214 valence electrons. The highest BCUT2D eigenvalue weighted by molar-refractivity contribution is 7.16. The number of aliphatic hydroxyl groups excluding tert-OH is 1. The highest BCUT2D eigenvalue weighted by Crippen LogP contribution is 2.43. The number of H-pyrrole nitrogens is 1. The number of piperazine rings is 1. The van der Waals surface area contributed by atoms with Gasteiger partial charge in [-0.15, -0.1) is 0 Å². The molecule has 1 aliphatic heterocycles. The molecule has 0 spiro atoms. The van der Waals surface area contributed by atoms with Gasteiger partial charge < -0.3 is 29.2 Å². The number of thiazole rings is 1. The van der Waals surface area contributed by atoms with Crippen LogP contribution in [0.3, 0.4) is 0 Å². The summed E-state index contributed by atoms with van der Waals surface area (Å²) in [4.78, 5) is 36.9. The normalized spacial score (nSPS) is 16.2. The third kappa shape index (κ3) is 5.29. The number of hydrogen-bond donors (Lipinski definition) is 2. The minimum Gasteiger partial charge on any atom is -0.491 e. The number of amides is 1. The fraction of sp³-hybridized carbons (Fsp3) is 0.346. The fourth-order valence-electron chi connectivity index (χ4n) is 4.91. The van der Waals surface area contributed by atoms with E-state index in [2.05, 4.69) is 24.9 Å². The summed E-state index contributed by atoms with van der Waals surface area (Å²) < 4.78 is 48.4. The maximum Gasteiger partial charge on any atom is 0.443 e.